The first-order valence-electron chi connectivity index (χ1n) is 13.1. The third-order valence-electron chi connectivity index (χ3n) is 6.34. The van der Waals surface area contributed by atoms with Gasteiger partial charge in [-0.15, -0.1) is 0 Å². The highest BCUT2D eigenvalue weighted by atomic mass is 16.5. The second kappa shape index (κ2) is 14.1. The average Bonchev–Trinajstić information content (AvgIpc) is 2.90. The lowest BCUT2D eigenvalue weighted by Gasteiger charge is -2.44. The zero-order chi connectivity index (χ0) is 27.5. The van der Waals surface area contributed by atoms with Gasteiger partial charge in [-0.25, -0.2) is 24.3 Å². The highest BCUT2D eigenvalue weighted by molar-refractivity contribution is 6.08. The topological polar surface area (TPSA) is 127 Å². The normalized spacial score (nSPS) is 17.2. The summed E-state index contributed by atoms with van der Waals surface area (Å²) in [6.45, 7) is 6.02. The van der Waals surface area contributed by atoms with E-state index in [4.69, 9.17) is 9.47 Å². The van der Waals surface area contributed by atoms with E-state index in [0.717, 1.165) is 36.1 Å². The van der Waals surface area contributed by atoms with Crippen molar-refractivity contribution in [1.29, 1.82) is 0 Å². The Morgan fingerprint density at radius 3 is 2.53 bits per heavy atom. The fourth-order valence-corrected chi connectivity index (χ4v) is 4.31. The van der Waals surface area contributed by atoms with Gasteiger partial charge in [0.05, 0.1) is 25.2 Å². The number of benzene rings is 1. The van der Waals surface area contributed by atoms with Crippen LogP contribution >= 0.6 is 0 Å². The highest BCUT2D eigenvalue weighted by Gasteiger charge is 2.55. The summed E-state index contributed by atoms with van der Waals surface area (Å²) in [5.41, 5.74) is 1.54. The van der Waals surface area contributed by atoms with E-state index in [1.54, 1.807) is 26.0 Å². The number of carbonyl (C=O) groups excluding carboxylic acids is 4. The molecule has 0 spiro atoms. The molecule has 1 aliphatic rings. The number of carbonyl (C=O) groups is 4. The van der Waals surface area contributed by atoms with Crippen LogP contribution in [-0.2, 0) is 25.5 Å². The van der Waals surface area contributed by atoms with E-state index in [1.165, 1.54) is 6.20 Å². The number of hydrogen-bond acceptors (Lipinski definition) is 7. The molecule has 2 aromatic rings. The molecule has 2 N–H and O–H groups in total. The van der Waals surface area contributed by atoms with Crippen LogP contribution in [0.15, 0.2) is 48.7 Å². The summed E-state index contributed by atoms with van der Waals surface area (Å²) < 4.78 is 10.4. The van der Waals surface area contributed by atoms with Crippen molar-refractivity contribution in [3.05, 3.63) is 59.8 Å². The van der Waals surface area contributed by atoms with E-state index >= 15 is 0 Å². The fraction of sp³-hybridized carbons (Fsp3) is 0.464. The van der Waals surface area contributed by atoms with Crippen LogP contribution in [0.25, 0.3) is 0 Å². The van der Waals surface area contributed by atoms with Crippen molar-refractivity contribution in [2.24, 2.45) is 5.92 Å². The summed E-state index contributed by atoms with van der Waals surface area (Å²) in [7, 11) is 0. The van der Waals surface area contributed by atoms with E-state index in [9.17, 15) is 19.2 Å². The van der Waals surface area contributed by atoms with Crippen molar-refractivity contribution >= 4 is 29.8 Å². The number of imide groups is 1. The van der Waals surface area contributed by atoms with Crippen LogP contribution in [0.1, 0.15) is 63.6 Å². The number of rotatable bonds is 12. The van der Waals surface area contributed by atoms with Gasteiger partial charge in [0, 0.05) is 6.20 Å². The second-order valence-electron chi connectivity index (χ2n) is 9.17. The Kier molecular flexibility index (Phi) is 10.6. The Hall–Kier alpha value is -3.95. The first kappa shape index (κ1) is 28.6. The minimum atomic E-state index is -1.05. The maximum absolute atomic E-state index is 13.1. The molecule has 2 heterocycles. The monoisotopic (exact) mass is 524 g/mol. The Morgan fingerprint density at radius 1 is 1.05 bits per heavy atom. The van der Waals surface area contributed by atoms with Crippen molar-refractivity contribution < 1.29 is 28.7 Å². The molecule has 0 aliphatic carbocycles. The zero-order valence-corrected chi connectivity index (χ0v) is 22.1. The SMILES string of the molecule is CCCCCCOC(=O)Nc1cc(CC2C(=O)N(C(=O)NC(C)c3ccccc3)C2C(=O)OCC)ccn1. The molecule has 1 aromatic carbocycles. The maximum atomic E-state index is 13.1. The summed E-state index contributed by atoms with van der Waals surface area (Å²) >= 11 is 0. The summed E-state index contributed by atoms with van der Waals surface area (Å²) in [6.07, 6.45) is 5.04. The number of amides is 4. The van der Waals surface area contributed by atoms with Gasteiger partial charge in [0.15, 0.2) is 6.04 Å². The third-order valence-corrected chi connectivity index (χ3v) is 6.34. The largest absolute Gasteiger partial charge is 0.464 e. The second-order valence-corrected chi connectivity index (χ2v) is 9.17. The molecule has 0 radical (unpaired) electrons. The van der Waals surface area contributed by atoms with Crippen LogP contribution in [0.5, 0.6) is 0 Å². The predicted octanol–water partition coefficient (Wildman–Crippen LogP) is 4.61. The molecular formula is C28H36N4O6. The molecule has 0 saturated carbocycles. The van der Waals surface area contributed by atoms with Crippen molar-refractivity contribution in [1.82, 2.24) is 15.2 Å². The number of nitrogens with zero attached hydrogens (tertiary/aromatic N) is 2. The number of nitrogens with one attached hydrogen (secondary N) is 2. The Morgan fingerprint density at radius 2 is 1.82 bits per heavy atom. The molecule has 38 heavy (non-hydrogen) atoms. The van der Waals surface area contributed by atoms with Gasteiger partial charge in [-0.1, -0.05) is 56.5 Å². The van der Waals surface area contributed by atoms with Crippen LogP contribution in [-0.4, -0.2) is 53.1 Å². The number of urea groups is 1. The first-order valence-corrected chi connectivity index (χ1v) is 13.1. The standard InChI is InChI=1S/C28H36N4O6/c1-4-6-7-11-16-38-28(36)31-23-18-20(14-15-29-23)17-22-24(26(34)37-5-2)32(25(22)33)27(35)30-19(3)21-12-9-8-10-13-21/h8-10,12-15,18-19,22,24H,4-7,11,16-17H2,1-3H3,(H,30,35)(H,29,31,36). The number of anilines is 1. The van der Waals surface area contributed by atoms with Gasteiger partial charge in [-0.3, -0.25) is 10.1 Å². The van der Waals surface area contributed by atoms with Crippen molar-refractivity contribution in [2.75, 3.05) is 18.5 Å². The Labute approximate surface area is 223 Å². The summed E-state index contributed by atoms with van der Waals surface area (Å²) in [4.78, 5) is 55.9. The molecule has 1 fully saturated rings. The summed E-state index contributed by atoms with van der Waals surface area (Å²) in [6, 6.07) is 10.6. The molecule has 204 valence electrons. The fourth-order valence-electron chi connectivity index (χ4n) is 4.31. The smallest absolute Gasteiger partial charge is 0.412 e. The molecule has 1 saturated heterocycles. The number of likely N-dealkylation sites (tertiary alicyclic amines) is 1. The van der Waals surface area contributed by atoms with Crippen LogP contribution < -0.4 is 10.6 Å². The molecule has 4 amide bonds. The van der Waals surface area contributed by atoms with Gasteiger partial charge in [0.2, 0.25) is 5.91 Å². The summed E-state index contributed by atoms with van der Waals surface area (Å²) in [5, 5.41) is 5.37. The average molecular weight is 525 g/mol. The lowest BCUT2D eigenvalue weighted by atomic mass is 9.82. The van der Waals surface area contributed by atoms with Crippen LogP contribution in [0.3, 0.4) is 0 Å². The van der Waals surface area contributed by atoms with E-state index < -0.39 is 36.0 Å². The Bertz CT molecular complexity index is 1110. The van der Waals surface area contributed by atoms with E-state index in [0.29, 0.717) is 12.2 Å². The van der Waals surface area contributed by atoms with Crippen LogP contribution in [0.4, 0.5) is 15.4 Å². The first-order chi connectivity index (χ1) is 18.3. The van der Waals surface area contributed by atoms with Crippen LogP contribution in [0.2, 0.25) is 0 Å². The van der Waals surface area contributed by atoms with Gasteiger partial charge in [-0.2, -0.15) is 0 Å². The minimum absolute atomic E-state index is 0.121. The van der Waals surface area contributed by atoms with Crippen molar-refractivity contribution in [3.63, 3.8) is 0 Å². The number of ether oxygens (including phenoxy) is 2. The van der Waals surface area contributed by atoms with Gasteiger partial charge in [0.1, 0.15) is 5.82 Å². The lowest BCUT2D eigenvalue weighted by molar-refractivity contribution is -0.169. The number of hydrogen-bond donors (Lipinski definition) is 2. The van der Waals surface area contributed by atoms with Crippen LogP contribution in [0, 0.1) is 5.92 Å². The number of unbranched alkanes of at least 4 members (excludes halogenated alkanes) is 3. The quantitative estimate of drug-likeness (QED) is 0.236. The summed E-state index contributed by atoms with van der Waals surface area (Å²) in [5.74, 6) is -1.63. The Balaban J connectivity index is 1.63. The number of aromatic nitrogens is 1. The molecular weight excluding hydrogens is 488 g/mol. The molecule has 0 bridgehead atoms. The van der Waals surface area contributed by atoms with Gasteiger partial charge >= 0.3 is 18.1 Å². The molecule has 3 rings (SSSR count). The van der Waals surface area contributed by atoms with E-state index in [-0.39, 0.29) is 24.9 Å². The molecule has 1 aromatic heterocycles. The molecule has 3 atom stereocenters. The molecule has 1 aliphatic heterocycles. The van der Waals surface area contributed by atoms with E-state index in [2.05, 4.69) is 22.5 Å². The van der Waals surface area contributed by atoms with E-state index in [1.807, 2.05) is 30.3 Å². The maximum Gasteiger partial charge on any atom is 0.412 e. The van der Waals surface area contributed by atoms with Gasteiger partial charge in [-0.05, 0) is 49.9 Å². The predicted molar refractivity (Wildman–Crippen MR) is 141 cm³/mol. The number of esters is 1. The number of β-lactam (4-membered cyclic amide) rings is 1. The molecule has 3 unspecified atom stereocenters. The van der Waals surface area contributed by atoms with Crippen molar-refractivity contribution in [2.45, 2.75) is 65.0 Å². The zero-order valence-electron chi connectivity index (χ0n) is 22.1. The number of pyridine rings is 1. The third kappa shape index (κ3) is 7.53. The molecule has 10 heteroatoms. The van der Waals surface area contributed by atoms with Gasteiger partial charge < -0.3 is 14.8 Å². The highest BCUT2D eigenvalue weighted by Crippen LogP contribution is 2.32. The lowest BCUT2D eigenvalue weighted by Crippen LogP contribution is -2.69. The van der Waals surface area contributed by atoms with Gasteiger partial charge in [0.25, 0.3) is 0 Å². The minimum Gasteiger partial charge on any atom is -0.464 e. The molecule has 10 nitrogen and oxygen atoms in total. The van der Waals surface area contributed by atoms with Crippen molar-refractivity contribution in [3.8, 4) is 0 Å².